The van der Waals surface area contributed by atoms with Crippen molar-refractivity contribution in [2.45, 2.75) is 19.9 Å². The molecule has 0 aliphatic carbocycles. The van der Waals surface area contributed by atoms with Crippen LogP contribution in [0.2, 0.25) is 0 Å². The number of hydrogen-bond donors (Lipinski definition) is 2. The van der Waals surface area contributed by atoms with Gasteiger partial charge in [0.2, 0.25) is 0 Å². The van der Waals surface area contributed by atoms with Gasteiger partial charge in [0.05, 0.1) is 12.7 Å². The molecule has 3 N–H and O–H groups in total. The van der Waals surface area contributed by atoms with Crippen molar-refractivity contribution in [2.75, 3.05) is 38.3 Å². The topological polar surface area (TPSA) is 67.6 Å². The Labute approximate surface area is 114 Å². The lowest BCUT2D eigenvalue weighted by molar-refractivity contribution is 0.0602. The van der Waals surface area contributed by atoms with Gasteiger partial charge in [0.25, 0.3) is 0 Å². The highest BCUT2D eigenvalue weighted by Crippen LogP contribution is 2.18. The monoisotopic (exact) mass is 265 g/mol. The third kappa shape index (κ3) is 4.44. The van der Waals surface area contributed by atoms with Gasteiger partial charge in [0, 0.05) is 30.5 Å². The first-order valence-corrected chi connectivity index (χ1v) is 6.37. The molecule has 0 aromatic heterocycles. The number of esters is 1. The summed E-state index contributed by atoms with van der Waals surface area (Å²) in [5, 5.41) is 3.27. The van der Waals surface area contributed by atoms with Crippen molar-refractivity contribution in [3.05, 3.63) is 23.8 Å². The Morgan fingerprint density at radius 3 is 2.74 bits per heavy atom. The summed E-state index contributed by atoms with van der Waals surface area (Å²) in [5.41, 5.74) is 7.43. The van der Waals surface area contributed by atoms with E-state index in [0.29, 0.717) is 17.3 Å². The van der Waals surface area contributed by atoms with Gasteiger partial charge in [-0.05, 0) is 39.1 Å². The van der Waals surface area contributed by atoms with Gasteiger partial charge in [-0.15, -0.1) is 0 Å². The molecule has 1 aromatic rings. The summed E-state index contributed by atoms with van der Waals surface area (Å²) in [6.07, 6.45) is 0. The molecule has 1 rings (SSSR count). The summed E-state index contributed by atoms with van der Waals surface area (Å²) >= 11 is 0. The molecule has 0 radical (unpaired) electrons. The van der Waals surface area contributed by atoms with Crippen LogP contribution in [-0.2, 0) is 4.74 Å². The molecule has 0 saturated carbocycles. The molecule has 1 aromatic carbocycles. The molecule has 106 valence electrons. The Kier molecular flexibility index (Phi) is 5.63. The average Bonchev–Trinajstić information content (AvgIpc) is 2.39. The fraction of sp³-hybridized carbons (Fsp3) is 0.500. The van der Waals surface area contributed by atoms with E-state index in [1.54, 1.807) is 12.1 Å². The van der Waals surface area contributed by atoms with E-state index in [1.165, 1.54) is 7.11 Å². The van der Waals surface area contributed by atoms with Crippen molar-refractivity contribution < 1.29 is 9.53 Å². The summed E-state index contributed by atoms with van der Waals surface area (Å²) < 4.78 is 4.69. The van der Waals surface area contributed by atoms with E-state index in [4.69, 9.17) is 10.5 Å². The lowest BCUT2D eigenvalue weighted by atomic mass is 10.1. The first kappa shape index (κ1) is 15.3. The Hall–Kier alpha value is -1.75. The minimum absolute atomic E-state index is 0.393. The highest BCUT2D eigenvalue weighted by Gasteiger charge is 2.10. The predicted molar refractivity (Wildman–Crippen MR) is 78.4 cm³/mol. The van der Waals surface area contributed by atoms with Crippen molar-refractivity contribution in [3.8, 4) is 0 Å². The van der Waals surface area contributed by atoms with E-state index >= 15 is 0 Å². The maximum atomic E-state index is 11.5. The number of benzene rings is 1. The Morgan fingerprint density at radius 2 is 2.16 bits per heavy atom. The zero-order valence-electron chi connectivity index (χ0n) is 12.1. The first-order chi connectivity index (χ1) is 8.95. The smallest absolute Gasteiger partial charge is 0.340 e. The van der Waals surface area contributed by atoms with Gasteiger partial charge in [-0.2, -0.15) is 0 Å². The maximum absolute atomic E-state index is 11.5. The number of nitrogen functional groups attached to an aromatic ring is 1. The first-order valence-electron chi connectivity index (χ1n) is 6.37. The second-order valence-electron chi connectivity index (χ2n) is 4.79. The van der Waals surface area contributed by atoms with E-state index < -0.39 is 5.97 Å². The number of carbonyl (C=O) groups excluding carboxylic acids is 1. The molecule has 5 nitrogen and oxygen atoms in total. The average molecular weight is 265 g/mol. The number of nitrogens with one attached hydrogen (secondary N) is 1. The van der Waals surface area contributed by atoms with E-state index in [0.717, 1.165) is 18.8 Å². The van der Waals surface area contributed by atoms with Crippen LogP contribution in [-0.4, -0.2) is 44.2 Å². The molecular formula is C14H23N3O2. The highest BCUT2D eigenvalue weighted by molar-refractivity contribution is 5.96. The Balaban J connectivity index is 2.62. The number of methoxy groups -OCH3 is 1. The number of rotatable bonds is 6. The van der Waals surface area contributed by atoms with Crippen LogP contribution in [0.25, 0.3) is 0 Å². The van der Waals surface area contributed by atoms with Gasteiger partial charge in [0.1, 0.15) is 0 Å². The molecule has 5 heteroatoms. The number of carbonyl (C=O) groups is 1. The van der Waals surface area contributed by atoms with Gasteiger partial charge in [-0.1, -0.05) is 0 Å². The molecule has 0 unspecified atom stereocenters. The predicted octanol–water partition coefficient (Wildman–Crippen LogP) is 1.81. The molecule has 0 aliphatic heterocycles. The third-order valence-electron chi connectivity index (χ3n) is 3.13. The number of ether oxygens (including phenoxy) is 1. The number of anilines is 2. The summed E-state index contributed by atoms with van der Waals surface area (Å²) in [4.78, 5) is 13.8. The molecular weight excluding hydrogens is 242 g/mol. The van der Waals surface area contributed by atoms with Crippen molar-refractivity contribution in [2.24, 2.45) is 0 Å². The van der Waals surface area contributed by atoms with Crippen molar-refractivity contribution in [3.63, 3.8) is 0 Å². The second-order valence-corrected chi connectivity index (χ2v) is 4.79. The van der Waals surface area contributed by atoms with Gasteiger partial charge in [-0.25, -0.2) is 4.79 Å². The second kappa shape index (κ2) is 6.99. The molecule has 0 spiro atoms. The minimum Gasteiger partial charge on any atom is -0.465 e. The van der Waals surface area contributed by atoms with Crippen molar-refractivity contribution in [1.29, 1.82) is 0 Å². The fourth-order valence-corrected chi connectivity index (χ4v) is 1.59. The zero-order valence-corrected chi connectivity index (χ0v) is 12.1. The molecule has 19 heavy (non-hydrogen) atoms. The van der Waals surface area contributed by atoms with E-state index in [9.17, 15) is 4.79 Å². The number of nitrogens with two attached hydrogens (primary N) is 1. The van der Waals surface area contributed by atoms with Gasteiger partial charge < -0.3 is 20.7 Å². The van der Waals surface area contributed by atoms with Crippen LogP contribution in [0.3, 0.4) is 0 Å². The van der Waals surface area contributed by atoms with Crippen molar-refractivity contribution >= 4 is 17.3 Å². The highest BCUT2D eigenvalue weighted by atomic mass is 16.5. The maximum Gasteiger partial charge on any atom is 0.340 e. The lowest BCUT2D eigenvalue weighted by Crippen LogP contribution is -2.31. The van der Waals surface area contributed by atoms with Crippen molar-refractivity contribution in [1.82, 2.24) is 4.90 Å². The number of likely N-dealkylation sites (N-methyl/N-ethyl adjacent to an activating group) is 1. The van der Waals surface area contributed by atoms with E-state index in [1.807, 2.05) is 6.07 Å². The summed E-state index contributed by atoms with van der Waals surface area (Å²) in [5.74, 6) is -0.416. The molecule has 0 atom stereocenters. The van der Waals surface area contributed by atoms with Crippen LogP contribution in [0.15, 0.2) is 18.2 Å². The van der Waals surface area contributed by atoms with Crippen LogP contribution in [0, 0.1) is 0 Å². The number of nitrogens with zero attached hydrogens (tertiary/aromatic N) is 1. The van der Waals surface area contributed by atoms with Gasteiger partial charge >= 0.3 is 5.97 Å². The molecule has 0 saturated heterocycles. The Morgan fingerprint density at radius 1 is 1.47 bits per heavy atom. The SMILES string of the molecule is COC(=O)c1cc(NCCN(C)C(C)C)ccc1N. The van der Waals surface area contributed by atoms with Gasteiger partial charge in [0.15, 0.2) is 0 Å². The number of hydrogen-bond acceptors (Lipinski definition) is 5. The van der Waals surface area contributed by atoms with Crippen LogP contribution >= 0.6 is 0 Å². The van der Waals surface area contributed by atoms with Crippen LogP contribution in [0.5, 0.6) is 0 Å². The summed E-state index contributed by atoms with van der Waals surface area (Å²) in [6, 6.07) is 5.80. The van der Waals surface area contributed by atoms with Gasteiger partial charge in [-0.3, -0.25) is 0 Å². The Bertz CT molecular complexity index is 433. The van der Waals surface area contributed by atoms with E-state index in [2.05, 4.69) is 31.1 Å². The molecule has 0 aliphatic rings. The largest absolute Gasteiger partial charge is 0.465 e. The van der Waals surface area contributed by atoms with Crippen LogP contribution in [0.1, 0.15) is 24.2 Å². The molecule has 0 bridgehead atoms. The fourth-order valence-electron chi connectivity index (χ4n) is 1.59. The zero-order chi connectivity index (χ0) is 14.4. The molecule has 0 heterocycles. The van der Waals surface area contributed by atoms with Crippen LogP contribution < -0.4 is 11.1 Å². The molecule has 0 fully saturated rings. The standard InChI is InChI=1S/C14H23N3O2/c1-10(2)17(3)8-7-16-11-5-6-13(15)12(9-11)14(18)19-4/h5-6,9-10,16H,7-8,15H2,1-4H3. The lowest BCUT2D eigenvalue weighted by Gasteiger charge is -2.21. The summed E-state index contributed by atoms with van der Waals surface area (Å²) in [7, 11) is 3.43. The quantitative estimate of drug-likeness (QED) is 0.606. The normalized spacial score (nSPS) is 10.8. The third-order valence-corrected chi connectivity index (χ3v) is 3.13. The molecule has 0 amide bonds. The summed E-state index contributed by atoms with van der Waals surface area (Å²) in [6.45, 7) is 6.03. The van der Waals surface area contributed by atoms with E-state index in [-0.39, 0.29) is 0 Å². The van der Waals surface area contributed by atoms with Crippen LogP contribution in [0.4, 0.5) is 11.4 Å². The minimum atomic E-state index is -0.416.